The summed E-state index contributed by atoms with van der Waals surface area (Å²) in [6.45, 7) is 13.6. The standard InChI is InChI=1S/C29H36N2O3S/c1-18-13-22(5)28(23(6)14-18)35(33,34)31-27(17-25-11-9-8-10-12-25)29(32)30-24(7)26-16-20(3)19(2)15-21(26)4/h8-16,24,27,31H,17H2,1-7H3,(H,30,32)/t24-,27-/m1/s1. The summed E-state index contributed by atoms with van der Waals surface area (Å²) < 4.78 is 29.7. The van der Waals surface area contributed by atoms with Crippen molar-refractivity contribution in [1.29, 1.82) is 0 Å². The van der Waals surface area contributed by atoms with E-state index in [0.717, 1.165) is 27.8 Å². The van der Waals surface area contributed by atoms with E-state index >= 15 is 0 Å². The Morgan fingerprint density at radius 1 is 0.800 bits per heavy atom. The lowest BCUT2D eigenvalue weighted by atomic mass is 9.96. The van der Waals surface area contributed by atoms with Crippen molar-refractivity contribution in [3.8, 4) is 0 Å². The van der Waals surface area contributed by atoms with Crippen LogP contribution in [0.2, 0.25) is 0 Å². The molecule has 3 rings (SSSR count). The Morgan fingerprint density at radius 3 is 1.97 bits per heavy atom. The molecule has 186 valence electrons. The second-order valence-corrected chi connectivity index (χ2v) is 11.3. The largest absolute Gasteiger partial charge is 0.348 e. The molecule has 0 aliphatic carbocycles. The van der Waals surface area contributed by atoms with Crippen molar-refractivity contribution in [1.82, 2.24) is 10.0 Å². The molecule has 0 heterocycles. The molecule has 35 heavy (non-hydrogen) atoms. The number of hydrogen-bond acceptors (Lipinski definition) is 3. The number of amides is 1. The fraction of sp³-hybridized carbons (Fsp3) is 0.345. The average Bonchev–Trinajstić information content (AvgIpc) is 2.75. The Hall–Kier alpha value is -2.96. The number of nitrogens with one attached hydrogen (secondary N) is 2. The Labute approximate surface area is 210 Å². The van der Waals surface area contributed by atoms with Crippen molar-refractivity contribution in [3.63, 3.8) is 0 Å². The van der Waals surface area contributed by atoms with Crippen LogP contribution in [-0.4, -0.2) is 20.4 Å². The maximum Gasteiger partial charge on any atom is 0.241 e. The van der Waals surface area contributed by atoms with Gasteiger partial charge in [0.25, 0.3) is 0 Å². The molecule has 0 bridgehead atoms. The molecule has 0 radical (unpaired) electrons. The number of aryl methyl sites for hydroxylation is 6. The first kappa shape index (κ1) is 26.6. The first-order chi connectivity index (χ1) is 16.4. The van der Waals surface area contributed by atoms with E-state index < -0.39 is 16.1 Å². The summed E-state index contributed by atoms with van der Waals surface area (Å²) in [5.74, 6) is -0.357. The van der Waals surface area contributed by atoms with Gasteiger partial charge in [-0.15, -0.1) is 0 Å². The minimum atomic E-state index is -3.93. The zero-order chi connectivity index (χ0) is 25.9. The predicted molar refractivity (Wildman–Crippen MR) is 142 cm³/mol. The first-order valence-electron chi connectivity index (χ1n) is 11.9. The second kappa shape index (κ2) is 10.8. The van der Waals surface area contributed by atoms with Gasteiger partial charge in [-0.1, -0.05) is 60.2 Å². The topological polar surface area (TPSA) is 75.3 Å². The lowest BCUT2D eigenvalue weighted by molar-refractivity contribution is -0.123. The highest BCUT2D eigenvalue weighted by Gasteiger charge is 2.29. The highest BCUT2D eigenvalue weighted by molar-refractivity contribution is 7.89. The van der Waals surface area contributed by atoms with E-state index in [1.54, 1.807) is 13.8 Å². The van der Waals surface area contributed by atoms with E-state index in [9.17, 15) is 13.2 Å². The molecular weight excluding hydrogens is 456 g/mol. The van der Waals surface area contributed by atoms with Gasteiger partial charge in [-0.05, 0) is 93.8 Å². The van der Waals surface area contributed by atoms with E-state index in [1.165, 1.54) is 5.56 Å². The fourth-order valence-electron chi connectivity index (χ4n) is 4.72. The van der Waals surface area contributed by atoms with Gasteiger partial charge in [-0.3, -0.25) is 4.79 Å². The maximum atomic E-state index is 13.5. The molecule has 0 spiro atoms. The third kappa shape index (κ3) is 6.38. The number of carbonyl (C=O) groups excluding carboxylic acids is 1. The number of carbonyl (C=O) groups is 1. The van der Waals surface area contributed by atoms with Crippen LogP contribution in [-0.2, 0) is 21.2 Å². The minimum absolute atomic E-state index is 0.229. The number of hydrogen-bond donors (Lipinski definition) is 2. The quantitative estimate of drug-likeness (QED) is 0.448. The summed E-state index contributed by atoms with van der Waals surface area (Å²) in [5.41, 5.74) is 7.65. The molecule has 0 unspecified atom stereocenters. The van der Waals surface area contributed by atoms with Crippen LogP contribution in [0.5, 0.6) is 0 Å². The van der Waals surface area contributed by atoms with Gasteiger partial charge in [0.1, 0.15) is 6.04 Å². The Kier molecular flexibility index (Phi) is 8.18. The van der Waals surface area contributed by atoms with Crippen LogP contribution >= 0.6 is 0 Å². The smallest absolute Gasteiger partial charge is 0.241 e. The van der Waals surface area contributed by atoms with Gasteiger partial charge in [-0.2, -0.15) is 4.72 Å². The SMILES string of the molecule is Cc1cc(C)c(S(=O)(=O)N[C@H](Cc2ccccc2)C(=O)N[C@H](C)c2cc(C)c(C)cc2C)c(C)c1. The van der Waals surface area contributed by atoms with Gasteiger partial charge in [0.2, 0.25) is 15.9 Å². The van der Waals surface area contributed by atoms with Crippen LogP contribution in [0, 0.1) is 41.5 Å². The number of benzene rings is 3. The first-order valence-corrected chi connectivity index (χ1v) is 13.4. The zero-order valence-electron chi connectivity index (χ0n) is 21.7. The maximum absolute atomic E-state index is 13.5. The molecule has 2 atom stereocenters. The molecule has 0 saturated carbocycles. The van der Waals surface area contributed by atoms with Crippen molar-refractivity contribution in [2.24, 2.45) is 0 Å². The molecule has 3 aromatic carbocycles. The van der Waals surface area contributed by atoms with Crippen LogP contribution in [0.1, 0.15) is 57.5 Å². The van der Waals surface area contributed by atoms with Crippen molar-refractivity contribution in [2.75, 3.05) is 0 Å². The molecule has 0 aliphatic rings. The van der Waals surface area contributed by atoms with Crippen LogP contribution < -0.4 is 10.0 Å². The normalized spacial score (nSPS) is 13.3. The van der Waals surface area contributed by atoms with Gasteiger partial charge in [-0.25, -0.2) is 8.42 Å². The molecule has 0 saturated heterocycles. The summed E-state index contributed by atoms with van der Waals surface area (Å²) in [5, 5.41) is 3.05. The van der Waals surface area contributed by atoms with Crippen LogP contribution in [0.4, 0.5) is 0 Å². The summed E-state index contributed by atoms with van der Waals surface area (Å²) >= 11 is 0. The van der Waals surface area contributed by atoms with Gasteiger partial charge < -0.3 is 5.32 Å². The highest BCUT2D eigenvalue weighted by Crippen LogP contribution is 2.24. The van der Waals surface area contributed by atoms with Crippen LogP contribution in [0.3, 0.4) is 0 Å². The van der Waals surface area contributed by atoms with Gasteiger partial charge in [0.15, 0.2) is 0 Å². The molecule has 0 fully saturated rings. The summed E-state index contributed by atoms with van der Waals surface area (Å²) in [4.78, 5) is 13.7. The number of rotatable bonds is 8. The van der Waals surface area contributed by atoms with Crippen molar-refractivity contribution >= 4 is 15.9 Å². The predicted octanol–water partition coefficient (Wildman–Crippen LogP) is 5.30. The summed E-state index contributed by atoms with van der Waals surface area (Å²) in [7, 11) is -3.93. The zero-order valence-corrected chi connectivity index (χ0v) is 22.5. The molecule has 0 aliphatic heterocycles. The van der Waals surface area contributed by atoms with Crippen LogP contribution in [0.25, 0.3) is 0 Å². The van der Waals surface area contributed by atoms with Crippen molar-refractivity contribution in [3.05, 3.63) is 99.1 Å². The van der Waals surface area contributed by atoms with E-state index in [2.05, 4.69) is 29.1 Å². The molecule has 2 N–H and O–H groups in total. The molecular formula is C29H36N2O3S. The molecule has 5 nitrogen and oxygen atoms in total. The van der Waals surface area contributed by atoms with E-state index in [1.807, 2.05) is 70.2 Å². The minimum Gasteiger partial charge on any atom is -0.348 e. The second-order valence-electron chi connectivity index (χ2n) is 9.61. The van der Waals surface area contributed by atoms with Gasteiger partial charge in [0.05, 0.1) is 10.9 Å². The Bertz CT molecular complexity index is 1310. The lowest BCUT2D eigenvalue weighted by Crippen LogP contribution is -2.48. The molecule has 6 heteroatoms. The molecule has 0 aromatic heterocycles. The fourth-order valence-corrected chi connectivity index (χ4v) is 6.36. The van der Waals surface area contributed by atoms with E-state index in [0.29, 0.717) is 11.1 Å². The summed E-state index contributed by atoms with van der Waals surface area (Å²) in [6.07, 6.45) is 0.245. The van der Waals surface area contributed by atoms with Crippen molar-refractivity contribution in [2.45, 2.75) is 71.9 Å². The highest BCUT2D eigenvalue weighted by atomic mass is 32.2. The molecule has 3 aromatic rings. The third-order valence-corrected chi connectivity index (χ3v) is 8.25. The van der Waals surface area contributed by atoms with Gasteiger partial charge in [0, 0.05) is 0 Å². The van der Waals surface area contributed by atoms with E-state index in [-0.39, 0.29) is 23.3 Å². The summed E-state index contributed by atoms with van der Waals surface area (Å²) in [6, 6.07) is 16.1. The molecule has 1 amide bonds. The number of sulfonamides is 1. The lowest BCUT2D eigenvalue weighted by Gasteiger charge is -2.24. The van der Waals surface area contributed by atoms with Crippen molar-refractivity contribution < 1.29 is 13.2 Å². The monoisotopic (exact) mass is 492 g/mol. The van der Waals surface area contributed by atoms with Gasteiger partial charge >= 0.3 is 0 Å². The average molecular weight is 493 g/mol. The Balaban J connectivity index is 1.93. The third-order valence-electron chi connectivity index (χ3n) is 6.48. The van der Waals surface area contributed by atoms with Crippen LogP contribution in [0.15, 0.2) is 59.5 Å². The van der Waals surface area contributed by atoms with E-state index in [4.69, 9.17) is 0 Å². The Morgan fingerprint density at radius 2 is 1.37 bits per heavy atom.